The summed E-state index contributed by atoms with van der Waals surface area (Å²) >= 11 is 1.63. The molecule has 1 aromatic heterocycles. The van der Waals surface area contributed by atoms with E-state index in [9.17, 15) is 4.79 Å². The van der Waals surface area contributed by atoms with Crippen LogP contribution in [0.4, 0.5) is 0 Å². The quantitative estimate of drug-likeness (QED) is 0.514. The molecule has 3 heteroatoms. The van der Waals surface area contributed by atoms with Gasteiger partial charge in [-0.25, -0.2) is 0 Å². The molecule has 1 aromatic rings. The van der Waals surface area contributed by atoms with Gasteiger partial charge in [0.2, 0.25) is 0 Å². The number of carbonyl (C=O) groups excluding carboxylic acids is 1. The maximum atomic E-state index is 10.2. The third-order valence-electron chi connectivity index (χ3n) is 1.17. The average Bonchev–Trinajstić information content (AvgIpc) is 2.48. The van der Waals surface area contributed by atoms with Gasteiger partial charge in [0.15, 0.2) is 17.1 Å². The monoisotopic (exact) mass is 170 g/mol. The minimum atomic E-state index is 0.406. The van der Waals surface area contributed by atoms with Gasteiger partial charge in [0.25, 0.3) is 0 Å². The Balaban J connectivity index is 2.51. The second-order valence-electron chi connectivity index (χ2n) is 2.12. The van der Waals surface area contributed by atoms with Crippen molar-refractivity contribution in [3.8, 4) is 0 Å². The first-order valence-electron chi connectivity index (χ1n) is 3.54. The van der Waals surface area contributed by atoms with E-state index in [4.69, 9.17) is 4.42 Å². The fraction of sp³-hybridized carbons (Fsp3) is 0.375. The Morgan fingerprint density at radius 2 is 2.45 bits per heavy atom. The molecular weight excluding hydrogens is 160 g/mol. The molecular formula is C8H10O2S. The zero-order chi connectivity index (χ0) is 8.10. The number of aldehydes is 1. The first-order chi connectivity index (χ1) is 5.36. The van der Waals surface area contributed by atoms with E-state index >= 15 is 0 Å². The topological polar surface area (TPSA) is 30.2 Å². The summed E-state index contributed by atoms with van der Waals surface area (Å²) in [7, 11) is 0. The second-order valence-corrected chi connectivity index (χ2v) is 3.22. The zero-order valence-electron chi connectivity index (χ0n) is 6.37. The van der Waals surface area contributed by atoms with Gasteiger partial charge in [-0.05, 0) is 18.6 Å². The van der Waals surface area contributed by atoms with E-state index in [2.05, 4.69) is 6.92 Å². The Bertz CT molecular complexity index is 230. The van der Waals surface area contributed by atoms with Crippen LogP contribution in [0.25, 0.3) is 0 Å². The van der Waals surface area contributed by atoms with Crippen molar-refractivity contribution in [2.45, 2.75) is 18.4 Å². The lowest BCUT2D eigenvalue weighted by atomic mass is 10.5. The van der Waals surface area contributed by atoms with Gasteiger partial charge in [-0.2, -0.15) is 0 Å². The van der Waals surface area contributed by atoms with Crippen LogP contribution in [0.5, 0.6) is 0 Å². The molecule has 11 heavy (non-hydrogen) atoms. The molecule has 0 saturated heterocycles. The fourth-order valence-electron chi connectivity index (χ4n) is 0.678. The van der Waals surface area contributed by atoms with Crippen LogP contribution in [-0.2, 0) is 0 Å². The van der Waals surface area contributed by atoms with Crippen molar-refractivity contribution in [2.24, 2.45) is 0 Å². The molecule has 1 rings (SSSR count). The molecule has 0 aliphatic rings. The molecule has 0 amide bonds. The molecule has 0 bridgehead atoms. The third-order valence-corrected chi connectivity index (χ3v) is 2.28. The van der Waals surface area contributed by atoms with Crippen LogP contribution in [-0.4, -0.2) is 12.0 Å². The van der Waals surface area contributed by atoms with Crippen molar-refractivity contribution in [2.75, 3.05) is 5.75 Å². The molecule has 0 spiro atoms. The predicted octanol–water partition coefficient (Wildman–Crippen LogP) is 2.59. The Morgan fingerprint density at radius 3 is 3.00 bits per heavy atom. The van der Waals surface area contributed by atoms with Crippen LogP contribution in [0.2, 0.25) is 0 Å². The second kappa shape index (κ2) is 4.23. The number of hydrogen-bond donors (Lipinski definition) is 0. The van der Waals surface area contributed by atoms with Crippen LogP contribution in [0.3, 0.4) is 0 Å². The lowest BCUT2D eigenvalue weighted by molar-refractivity contribution is 0.109. The standard InChI is InChI=1S/C8H10O2S/c1-2-5-11-8-4-3-7(6-9)10-8/h3-4,6H,2,5H2,1H3. The summed E-state index contributed by atoms with van der Waals surface area (Å²) in [6, 6.07) is 3.51. The maximum Gasteiger partial charge on any atom is 0.185 e. The zero-order valence-corrected chi connectivity index (χ0v) is 7.19. The lowest BCUT2D eigenvalue weighted by Crippen LogP contribution is -1.71. The van der Waals surface area contributed by atoms with E-state index in [0.717, 1.165) is 23.6 Å². The van der Waals surface area contributed by atoms with E-state index in [1.54, 1.807) is 17.8 Å². The Morgan fingerprint density at radius 1 is 1.64 bits per heavy atom. The lowest BCUT2D eigenvalue weighted by Gasteiger charge is -1.90. The smallest absolute Gasteiger partial charge is 0.185 e. The molecule has 1 heterocycles. The molecule has 0 aliphatic heterocycles. The molecule has 0 aliphatic carbocycles. The van der Waals surface area contributed by atoms with Gasteiger partial charge in [0.1, 0.15) is 0 Å². The van der Waals surface area contributed by atoms with Crippen molar-refractivity contribution in [1.82, 2.24) is 0 Å². The molecule has 0 N–H and O–H groups in total. The minimum absolute atomic E-state index is 0.406. The van der Waals surface area contributed by atoms with E-state index in [-0.39, 0.29) is 0 Å². The number of hydrogen-bond acceptors (Lipinski definition) is 3. The van der Waals surface area contributed by atoms with E-state index in [1.165, 1.54) is 0 Å². The fourth-order valence-corrected chi connectivity index (χ4v) is 1.40. The number of furan rings is 1. The van der Waals surface area contributed by atoms with Crippen LogP contribution < -0.4 is 0 Å². The van der Waals surface area contributed by atoms with Crippen LogP contribution in [0, 0.1) is 0 Å². The normalized spacial score (nSPS) is 9.91. The Kier molecular flexibility index (Phi) is 3.23. The molecule has 0 saturated carbocycles. The van der Waals surface area contributed by atoms with Gasteiger partial charge in [-0.15, -0.1) is 0 Å². The Labute approximate surface area is 70.0 Å². The molecule has 0 unspecified atom stereocenters. The number of carbonyl (C=O) groups is 1. The average molecular weight is 170 g/mol. The summed E-state index contributed by atoms with van der Waals surface area (Å²) in [4.78, 5) is 10.2. The number of rotatable bonds is 4. The third kappa shape index (κ3) is 2.42. The number of thioether (sulfide) groups is 1. The maximum absolute atomic E-state index is 10.2. The van der Waals surface area contributed by atoms with Crippen LogP contribution in [0.15, 0.2) is 21.6 Å². The molecule has 0 aromatic carbocycles. The summed E-state index contributed by atoms with van der Waals surface area (Å²) < 4.78 is 5.13. The van der Waals surface area contributed by atoms with E-state index in [0.29, 0.717) is 5.76 Å². The van der Waals surface area contributed by atoms with Crippen molar-refractivity contribution in [3.05, 3.63) is 17.9 Å². The molecule has 0 fully saturated rings. The molecule has 60 valence electrons. The van der Waals surface area contributed by atoms with Crippen molar-refractivity contribution in [3.63, 3.8) is 0 Å². The van der Waals surface area contributed by atoms with Crippen molar-refractivity contribution < 1.29 is 9.21 Å². The summed E-state index contributed by atoms with van der Waals surface area (Å²) in [5.41, 5.74) is 0. The van der Waals surface area contributed by atoms with Gasteiger partial charge in [0.05, 0.1) is 0 Å². The SMILES string of the molecule is CCCSc1ccc(C=O)o1. The summed E-state index contributed by atoms with van der Waals surface area (Å²) in [5.74, 6) is 1.44. The predicted molar refractivity (Wildman–Crippen MR) is 45.1 cm³/mol. The minimum Gasteiger partial charge on any atom is -0.447 e. The molecule has 0 radical (unpaired) electrons. The summed E-state index contributed by atoms with van der Waals surface area (Å²) in [5, 5.41) is 0.828. The Hall–Kier alpha value is -0.700. The van der Waals surface area contributed by atoms with Crippen molar-refractivity contribution >= 4 is 18.0 Å². The van der Waals surface area contributed by atoms with E-state index < -0.39 is 0 Å². The largest absolute Gasteiger partial charge is 0.447 e. The molecule has 2 nitrogen and oxygen atoms in total. The highest BCUT2D eigenvalue weighted by Crippen LogP contribution is 2.20. The summed E-state index contributed by atoms with van der Waals surface area (Å²) in [6.45, 7) is 2.11. The van der Waals surface area contributed by atoms with Gasteiger partial charge >= 0.3 is 0 Å². The van der Waals surface area contributed by atoms with Gasteiger partial charge < -0.3 is 4.42 Å². The molecule has 0 atom stereocenters. The van der Waals surface area contributed by atoms with Gasteiger partial charge in [0, 0.05) is 5.75 Å². The van der Waals surface area contributed by atoms with Crippen molar-refractivity contribution in [1.29, 1.82) is 0 Å². The first kappa shape index (κ1) is 8.40. The summed E-state index contributed by atoms with van der Waals surface area (Å²) in [6.07, 6.45) is 1.83. The van der Waals surface area contributed by atoms with Gasteiger partial charge in [-0.1, -0.05) is 18.7 Å². The van der Waals surface area contributed by atoms with Crippen LogP contribution in [0.1, 0.15) is 23.9 Å². The van der Waals surface area contributed by atoms with E-state index in [1.807, 2.05) is 6.07 Å². The highest BCUT2D eigenvalue weighted by Gasteiger charge is 1.99. The van der Waals surface area contributed by atoms with Gasteiger partial charge in [-0.3, -0.25) is 4.79 Å². The van der Waals surface area contributed by atoms with Crippen LogP contribution >= 0.6 is 11.8 Å². The first-order valence-corrected chi connectivity index (χ1v) is 4.53. The highest BCUT2D eigenvalue weighted by atomic mass is 32.2. The highest BCUT2D eigenvalue weighted by molar-refractivity contribution is 7.99.